The van der Waals surface area contributed by atoms with Crippen molar-refractivity contribution in [3.05, 3.63) is 53.9 Å². The van der Waals surface area contributed by atoms with Gasteiger partial charge in [-0.25, -0.2) is 0 Å². The van der Waals surface area contributed by atoms with Crippen LogP contribution in [0.3, 0.4) is 0 Å². The summed E-state index contributed by atoms with van der Waals surface area (Å²) in [6, 6.07) is 10.4. The maximum absolute atomic E-state index is 12.8. The lowest BCUT2D eigenvalue weighted by Gasteiger charge is -2.31. The van der Waals surface area contributed by atoms with Crippen molar-refractivity contribution in [2.45, 2.75) is 32.2 Å². The summed E-state index contributed by atoms with van der Waals surface area (Å²) in [5.74, 6) is 0.284. The van der Waals surface area contributed by atoms with Gasteiger partial charge in [0.15, 0.2) is 5.76 Å². The number of halogens is 3. The molecule has 1 aliphatic rings. The van der Waals surface area contributed by atoms with Gasteiger partial charge >= 0.3 is 6.36 Å². The van der Waals surface area contributed by atoms with E-state index in [2.05, 4.69) is 15.0 Å². The zero-order chi connectivity index (χ0) is 24.3. The van der Waals surface area contributed by atoms with Crippen LogP contribution in [-0.4, -0.2) is 30.3 Å². The Labute approximate surface area is 192 Å². The van der Waals surface area contributed by atoms with E-state index in [0.29, 0.717) is 43.1 Å². The number of benzene rings is 1. The lowest BCUT2D eigenvalue weighted by atomic mass is 9.95. The van der Waals surface area contributed by atoms with E-state index in [4.69, 9.17) is 8.83 Å². The summed E-state index contributed by atoms with van der Waals surface area (Å²) in [7, 11) is 0. The second kappa shape index (κ2) is 9.51. The number of rotatable bonds is 6. The minimum atomic E-state index is -4.75. The van der Waals surface area contributed by atoms with Crippen LogP contribution in [0.1, 0.15) is 37.1 Å². The van der Waals surface area contributed by atoms with E-state index in [1.165, 1.54) is 30.5 Å². The number of nitrogens with zero attached hydrogens (tertiary/aromatic N) is 3. The van der Waals surface area contributed by atoms with E-state index < -0.39 is 6.36 Å². The molecule has 3 aromatic rings. The molecule has 0 radical (unpaired) electrons. The summed E-state index contributed by atoms with van der Waals surface area (Å²) in [5.41, 5.74) is 0.812. The number of nitriles is 1. The molecule has 1 aromatic carbocycles. The average Bonchev–Trinajstić information content (AvgIpc) is 3.48. The standard InChI is InChI=1S/C23H21F3N4O4/c1-14(15-4-6-17(7-5-15)34-23(24,25)26)28-20(31)16-8-10-30(11-9-16)22-18(13-27)29-21(33-22)19-3-2-12-32-19/h2-7,12,14,16H,8-11H2,1H3,(H,28,31). The van der Waals surface area contributed by atoms with Crippen molar-refractivity contribution in [1.82, 2.24) is 10.3 Å². The van der Waals surface area contributed by atoms with Gasteiger partial charge in [-0.3, -0.25) is 4.79 Å². The minimum absolute atomic E-state index is 0.142. The molecule has 1 fully saturated rings. The number of furan rings is 1. The summed E-state index contributed by atoms with van der Waals surface area (Å²) >= 11 is 0. The Balaban J connectivity index is 1.33. The van der Waals surface area contributed by atoms with Gasteiger partial charge in [0.2, 0.25) is 17.5 Å². The molecule has 11 heteroatoms. The summed E-state index contributed by atoms with van der Waals surface area (Å²) in [5, 5.41) is 12.3. The van der Waals surface area contributed by atoms with E-state index in [-0.39, 0.29) is 35.2 Å². The topological polar surface area (TPSA) is 105 Å². The van der Waals surface area contributed by atoms with Gasteiger partial charge in [-0.15, -0.1) is 13.2 Å². The first-order chi connectivity index (χ1) is 16.2. The molecule has 34 heavy (non-hydrogen) atoms. The lowest BCUT2D eigenvalue weighted by molar-refractivity contribution is -0.274. The number of carbonyl (C=O) groups is 1. The van der Waals surface area contributed by atoms with Crippen molar-refractivity contribution in [1.29, 1.82) is 5.26 Å². The molecule has 1 saturated heterocycles. The highest BCUT2D eigenvalue weighted by molar-refractivity contribution is 5.79. The molecule has 1 atom stereocenters. The number of oxazole rings is 1. The molecule has 3 heterocycles. The lowest BCUT2D eigenvalue weighted by Crippen LogP contribution is -2.41. The Hall–Kier alpha value is -3.94. The number of ether oxygens (including phenoxy) is 1. The summed E-state index contributed by atoms with van der Waals surface area (Å²) in [6.07, 6.45) is -2.19. The Morgan fingerprint density at radius 3 is 2.56 bits per heavy atom. The summed E-state index contributed by atoms with van der Waals surface area (Å²) in [6.45, 7) is 2.76. The predicted molar refractivity (Wildman–Crippen MR) is 114 cm³/mol. The highest BCUT2D eigenvalue weighted by Gasteiger charge is 2.32. The van der Waals surface area contributed by atoms with Gasteiger partial charge in [-0.1, -0.05) is 12.1 Å². The van der Waals surface area contributed by atoms with Crippen LogP contribution < -0.4 is 15.0 Å². The molecule has 1 unspecified atom stereocenters. The van der Waals surface area contributed by atoms with Crippen LogP contribution in [0.5, 0.6) is 5.75 Å². The first kappa shape index (κ1) is 23.2. The van der Waals surface area contributed by atoms with Crippen LogP contribution in [0.15, 0.2) is 51.5 Å². The zero-order valence-electron chi connectivity index (χ0n) is 18.1. The molecule has 8 nitrogen and oxygen atoms in total. The van der Waals surface area contributed by atoms with Gasteiger partial charge in [-0.05, 0) is 49.6 Å². The second-order valence-corrected chi connectivity index (χ2v) is 7.87. The normalized spacial score (nSPS) is 15.6. The van der Waals surface area contributed by atoms with E-state index in [1.807, 2.05) is 11.0 Å². The molecule has 1 amide bonds. The molecule has 178 valence electrons. The molecule has 0 bridgehead atoms. The molecular weight excluding hydrogens is 453 g/mol. The van der Waals surface area contributed by atoms with Crippen molar-refractivity contribution >= 4 is 11.8 Å². The van der Waals surface area contributed by atoms with Crippen LogP contribution >= 0.6 is 0 Å². The Morgan fingerprint density at radius 1 is 1.26 bits per heavy atom. The summed E-state index contributed by atoms with van der Waals surface area (Å²) in [4.78, 5) is 18.8. The Morgan fingerprint density at radius 2 is 1.97 bits per heavy atom. The fraction of sp³-hybridized carbons (Fsp3) is 0.348. The average molecular weight is 474 g/mol. The van der Waals surface area contributed by atoms with Gasteiger partial charge in [-0.2, -0.15) is 10.2 Å². The fourth-order valence-electron chi connectivity index (χ4n) is 3.82. The highest BCUT2D eigenvalue weighted by Crippen LogP contribution is 2.31. The first-order valence-corrected chi connectivity index (χ1v) is 10.6. The van der Waals surface area contributed by atoms with Gasteiger partial charge in [0.25, 0.3) is 5.89 Å². The van der Waals surface area contributed by atoms with E-state index in [9.17, 15) is 23.2 Å². The zero-order valence-corrected chi connectivity index (χ0v) is 18.1. The molecule has 2 aromatic heterocycles. The Bertz CT molecular complexity index is 1160. The third kappa shape index (κ3) is 5.33. The molecule has 4 rings (SSSR count). The smallest absolute Gasteiger partial charge is 0.459 e. The number of hydrogen-bond donors (Lipinski definition) is 1. The van der Waals surface area contributed by atoms with Crippen LogP contribution in [0.2, 0.25) is 0 Å². The summed E-state index contributed by atoms with van der Waals surface area (Å²) < 4.78 is 51.8. The van der Waals surface area contributed by atoms with Gasteiger partial charge in [0, 0.05) is 19.0 Å². The van der Waals surface area contributed by atoms with Crippen LogP contribution in [0, 0.1) is 17.2 Å². The largest absolute Gasteiger partial charge is 0.573 e. The minimum Gasteiger partial charge on any atom is -0.459 e. The van der Waals surface area contributed by atoms with E-state index in [0.717, 1.165) is 0 Å². The molecule has 1 aliphatic heterocycles. The SMILES string of the molecule is CC(NC(=O)C1CCN(c2oc(-c3ccco3)nc2C#N)CC1)c1ccc(OC(F)(F)F)cc1. The number of hydrogen-bond acceptors (Lipinski definition) is 7. The third-order valence-electron chi connectivity index (χ3n) is 5.57. The van der Waals surface area contributed by atoms with Gasteiger partial charge < -0.3 is 23.8 Å². The Kier molecular flexibility index (Phi) is 6.49. The molecule has 1 N–H and O–H groups in total. The maximum atomic E-state index is 12.8. The monoisotopic (exact) mass is 474 g/mol. The van der Waals surface area contributed by atoms with Gasteiger partial charge in [0.05, 0.1) is 12.3 Å². The second-order valence-electron chi connectivity index (χ2n) is 7.87. The number of carbonyl (C=O) groups excluding carboxylic acids is 1. The number of aromatic nitrogens is 1. The highest BCUT2D eigenvalue weighted by atomic mass is 19.4. The van der Waals surface area contributed by atoms with Crippen molar-refractivity contribution in [3.63, 3.8) is 0 Å². The number of nitrogens with one attached hydrogen (secondary N) is 1. The van der Waals surface area contributed by atoms with Crippen molar-refractivity contribution in [2.24, 2.45) is 5.92 Å². The molecule has 0 saturated carbocycles. The number of anilines is 1. The van der Waals surface area contributed by atoms with Gasteiger partial charge in [0.1, 0.15) is 11.8 Å². The first-order valence-electron chi connectivity index (χ1n) is 10.6. The third-order valence-corrected chi connectivity index (χ3v) is 5.57. The van der Waals surface area contributed by atoms with Crippen LogP contribution in [0.4, 0.5) is 19.1 Å². The van der Waals surface area contributed by atoms with E-state index >= 15 is 0 Å². The number of piperidine rings is 1. The number of alkyl halides is 3. The molecule has 0 aliphatic carbocycles. The maximum Gasteiger partial charge on any atom is 0.573 e. The quantitative estimate of drug-likeness (QED) is 0.547. The predicted octanol–water partition coefficient (Wildman–Crippen LogP) is 4.80. The van der Waals surface area contributed by atoms with E-state index in [1.54, 1.807) is 19.1 Å². The molecular formula is C23H21F3N4O4. The van der Waals surface area contributed by atoms with Crippen molar-refractivity contribution < 1.29 is 31.5 Å². The van der Waals surface area contributed by atoms with Crippen molar-refractivity contribution in [2.75, 3.05) is 18.0 Å². The molecule has 0 spiro atoms. The van der Waals surface area contributed by atoms with Crippen LogP contribution in [-0.2, 0) is 4.79 Å². The number of amides is 1. The van der Waals surface area contributed by atoms with Crippen molar-refractivity contribution in [3.8, 4) is 23.5 Å². The fourth-order valence-corrected chi connectivity index (χ4v) is 3.82. The van der Waals surface area contributed by atoms with Crippen LogP contribution in [0.25, 0.3) is 11.7 Å².